The van der Waals surface area contributed by atoms with Crippen LogP contribution in [0.25, 0.3) is 11.3 Å². The van der Waals surface area contributed by atoms with E-state index < -0.39 is 11.5 Å². The number of carbonyl (C=O) groups excluding carboxylic acids is 2. The minimum atomic E-state index is -0.605. The van der Waals surface area contributed by atoms with Crippen molar-refractivity contribution in [3.63, 3.8) is 0 Å². The molecule has 2 N–H and O–H groups in total. The molecule has 2 aliphatic heterocycles. The lowest BCUT2D eigenvalue weighted by atomic mass is 9.99. The maximum atomic E-state index is 13.3. The van der Waals surface area contributed by atoms with Gasteiger partial charge in [-0.15, -0.1) is 0 Å². The third-order valence-corrected chi connectivity index (χ3v) is 7.07. The second-order valence-corrected chi connectivity index (χ2v) is 13.2. The highest BCUT2D eigenvalue weighted by molar-refractivity contribution is 5.80. The van der Waals surface area contributed by atoms with Crippen LogP contribution >= 0.6 is 0 Å². The van der Waals surface area contributed by atoms with Crippen molar-refractivity contribution in [3.8, 4) is 11.3 Å². The molecule has 1 atom stereocenters. The molecule has 0 radical (unpaired) electrons. The number of fused-ring (bicyclic) bond motifs is 1. The van der Waals surface area contributed by atoms with Gasteiger partial charge in [0.25, 0.3) is 0 Å². The molecule has 0 bridgehead atoms. The van der Waals surface area contributed by atoms with Gasteiger partial charge in [0.2, 0.25) is 5.95 Å². The largest absolute Gasteiger partial charge is 0.460 e. The number of hydrogen-bond donors (Lipinski definition) is 2. The van der Waals surface area contributed by atoms with Gasteiger partial charge in [-0.25, -0.2) is 20.2 Å². The minimum absolute atomic E-state index is 0.00429. The zero-order valence-electron chi connectivity index (χ0n) is 26.0. The van der Waals surface area contributed by atoms with Crippen molar-refractivity contribution in [1.29, 1.82) is 0 Å². The van der Waals surface area contributed by atoms with E-state index in [0.717, 1.165) is 28.2 Å². The molecule has 4 heterocycles. The number of likely N-dealkylation sites (tertiary alicyclic amines) is 1. The molecule has 0 saturated carbocycles. The number of rotatable bonds is 6. The highest BCUT2D eigenvalue weighted by Gasteiger charge is 2.36. The van der Waals surface area contributed by atoms with Gasteiger partial charge in [0.1, 0.15) is 5.60 Å². The molecule has 0 aliphatic carbocycles. The molecule has 2 aliphatic rings. The van der Waals surface area contributed by atoms with Crippen LogP contribution in [0.3, 0.4) is 0 Å². The smallest absolute Gasteiger partial charge is 0.336 e. The fourth-order valence-corrected chi connectivity index (χ4v) is 5.19. The van der Waals surface area contributed by atoms with Gasteiger partial charge in [0.05, 0.1) is 60.5 Å². The van der Waals surface area contributed by atoms with E-state index in [0.29, 0.717) is 38.4 Å². The number of hydrazine groups is 1. The Balaban J connectivity index is 1.37. The highest BCUT2D eigenvalue weighted by Crippen LogP contribution is 2.33. The molecule has 1 saturated heterocycles. The summed E-state index contributed by atoms with van der Waals surface area (Å²) in [6.07, 6.45) is 6.49. The fraction of sp³-hybridized carbons (Fsp3) is 0.516. The fourth-order valence-electron chi connectivity index (χ4n) is 5.19. The molecule has 2 amide bonds. The number of urea groups is 1. The monoisotopic (exact) mass is 590 g/mol. The number of hydrogen-bond acceptors (Lipinski definition) is 9. The van der Waals surface area contributed by atoms with E-state index in [-0.39, 0.29) is 23.7 Å². The van der Waals surface area contributed by atoms with Crippen LogP contribution in [0.4, 0.5) is 22.1 Å². The second-order valence-electron chi connectivity index (χ2n) is 13.2. The van der Waals surface area contributed by atoms with Gasteiger partial charge in [-0.1, -0.05) is 6.07 Å². The minimum Gasteiger partial charge on any atom is -0.460 e. The highest BCUT2D eigenvalue weighted by atomic mass is 16.6. The molecule has 1 fully saturated rings. The van der Waals surface area contributed by atoms with Crippen molar-refractivity contribution in [3.05, 3.63) is 48.4 Å². The third-order valence-electron chi connectivity index (χ3n) is 7.07. The first-order valence-electron chi connectivity index (χ1n) is 14.7. The van der Waals surface area contributed by atoms with E-state index in [9.17, 15) is 9.59 Å². The number of anilines is 3. The SMILES string of the molecule is Cn1cc(Nc2nccc(-c3ccc4c(c3)CCC(C(=O)OC(C)(C)C)CN4NC(=O)N3CC(OC(C)(C)C)C3)n2)cn1. The molecule has 230 valence electrons. The summed E-state index contributed by atoms with van der Waals surface area (Å²) in [5.41, 5.74) is 6.47. The summed E-state index contributed by atoms with van der Waals surface area (Å²) in [5.74, 6) is -0.232. The van der Waals surface area contributed by atoms with Crippen LogP contribution in [0.15, 0.2) is 42.9 Å². The van der Waals surface area contributed by atoms with E-state index in [1.165, 1.54) is 0 Å². The molecule has 12 heteroatoms. The van der Waals surface area contributed by atoms with E-state index in [4.69, 9.17) is 14.5 Å². The average molecular weight is 591 g/mol. The lowest BCUT2D eigenvalue weighted by molar-refractivity contribution is -0.159. The number of nitrogens with one attached hydrogen (secondary N) is 2. The first kappa shape index (κ1) is 30.3. The van der Waals surface area contributed by atoms with E-state index in [1.807, 2.05) is 73.0 Å². The van der Waals surface area contributed by atoms with Crippen molar-refractivity contribution in [2.75, 3.05) is 30.0 Å². The van der Waals surface area contributed by atoms with Crippen LogP contribution < -0.4 is 15.8 Å². The number of esters is 1. The van der Waals surface area contributed by atoms with Crippen LogP contribution in [0.1, 0.15) is 53.5 Å². The van der Waals surface area contributed by atoms with Gasteiger partial charge in [0, 0.05) is 25.0 Å². The first-order chi connectivity index (χ1) is 20.2. The number of aryl methyl sites for hydroxylation is 2. The number of carbonyl (C=O) groups is 2. The van der Waals surface area contributed by atoms with E-state index in [1.54, 1.807) is 27.0 Å². The van der Waals surface area contributed by atoms with Gasteiger partial charge >= 0.3 is 12.0 Å². The van der Waals surface area contributed by atoms with E-state index in [2.05, 4.69) is 26.9 Å². The Morgan fingerprint density at radius 1 is 1.02 bits per heavy atom. The third kappa shape index (κ3) is 7.81. The first-order valence-corrected chi connectivity index (χ1v) is 14.7. The van der Waals surface area contributed by atoms with Crippen LogP contribution in [0, 0.1) is 5.92 Å². The number of ether oxygens (including phenoxy) is 2. The predicted octanol–water partition coefficient (Wildman–Crippen LogP) is 4.46. The van der Waals surface area contributed by atoms with Gasteiger partial charge in [0.15, 0.2) is 0 Å². The van der Waals surface area contributed by atoms with Crippen LogP contribution in [0.2, 0.25) is 0 Å². The second kappa shape index (κ2) is 11.8. The maximum Gasteiger partial charge on any atom is 0.336 e. The molecule has 2 aromatic heterocycles. The Bertz CT molecular complexity index is 1470. The Morgan fingerprint density at radius 2 is 1.79 bits per heavy atom. The van der Waals surface area contributed by atoms with Gasteiger partial charge in [-0.05, 0) is 78.1 Å². The van der Waals surface area contributed by atoms with Crippen molar-refractivity contribution in [2.45, 2.75) is 71.7 Å². The van der Waals surface area contributed by atoms with Crippen molar-refractivity contribution < 1.29 is 19.1 Å². The number of amides is 2. The quantitative estimate of drug-likeness (QED) is 0.400. The summed E-state index contributed by atoms with van der Waals surface area (Å²) < 4.78 is 13.4. The molecule has 5 rings (SSSR count). The van der Waals surface area contributed by atoms with E-state index >= 15 is 0 Å². The molecule has 12 nitrogen and oxygen atoms in total. The predicted molar refractivity (Wildman–Crippen MR) is 164 cm³/mol. The molecule has 1 aromatic carbocycles. The standard InChI is InChI=1S/C31H42N8O4/c1-30(2,3)42-24-18-38(19-24)29(41)36-39-16-22(27(40)43-31(4,5)6)9-8-21-14-20(10-11-26(21)39)25-12-13-32-28(35-25)34-23-15-33-37(7)17-23/h10-15,17,22,24H,8-9,16,18-19H2,1-7H3,(H,36,41)(H,32,34,35). The topological polar surface area (TPSA) is 127 Å². The molecular formula is C31H42N8O4. The summed E-state index contributed by atoms with van der Waals surface area (Å²) in [7, 11) is 1.85. The van der Waals surface area contributed by atoms with Crippen molar-refractivity contribution in [1.82, 2.24) is 30.1 Å². The molecule has 1 unspecified atom stereocenters. The van der Waals surface area contributed by atoms with Gasteiger partial charge in [-0.3, -0.25) is 14.5 Å². The van der Waals surface area contributed by atoms with Crippen LogP contribution in [-0.4, -0.2) is 73.6 Å². The molecule has 0 spiro atoms. The zero-order valence-corrected chi connectivity index (χ0v) is 26.0. The summed E-state index contributed by atoms with van der Waals surface area (Å²) in [5, 5.41) is 9.15. The Labute approximate surface area is 252 Å². The summed E-state index contributed by atoms with van der Waals surface area (Å²) in [6.45, 7) is 12.9. The summed E-state index contributed by atoms with van der Waals surface area (Å²) in [4.78, 5) is 37.2. The Kier molecular flexibility index (Phi) is 8.33. The van der Waals surface area contributed by atoms with Gasteiger partial charge in [-0.2, -0.15) is 5.10 Å². The van der Waals surface area contributed by atoms with Gasteiger partial charge < -0.3 is 19.7 Å². The molecule has 43 heavy (non-hydrogen) atoms. The number of benzene rings is 1. The summed E-state index contributed by atoms with van der Waals surface area (Å²) >= 11 is 0. The summed E-state index contributed by atoms with van der Waals surface area (Å²) in [6, 6.07) is 7.64. The van der Waals surface area contributed by atoms with Crippen molar-refractivity contribution in [2.24, 2.45) is 13.0 Å². The normalized spacial score (nSPS) is 17.5. The maximum absolute atomic E-state index is 13.3. The lowest BCUT2D eigenvalue weighted by Gasteiger charge is -2.43. The average Bonchev–Trinajstić information content (AvgIpc) is 3.20. The number of nitrogens with zero attached hydrogens (tertiary/aromatic N) is 6. The Morgan fingerprint density at radius 3 is 2.47 bits per heavy atom. The van der Waals surface area contributed by atoms with Crippen LogP contribution in [0.5, 0.6) is 0 Å². The van der Waals surface area contributed by atoms with Crippen LogP contribution in [-0.2, 0) is 27.7 Å². The zero-order chi connectivity index (χ0) is 30.9. The molecular weight excluding hydrogens is 548 g/mol. The number of aromatic nitrogens is 4. The van der Waals surface area contributed by atoms with Crippen molar-refractivity contribution >= 4 is 29.3 Å². The Hall–Kier alpha value is -4.19. The lowest BCUT2D eigenvalue weighted by Crippen LogP contribution is -2.61. The molecule has 3 aromatic rings.